The quantitative estimate of drug-likeness (QED) is 0.554. The van der Waals surface area contributed by atoms with Crippen LogP contribution in [-0.2, 0) is 14.3 Å². The summed E-state index contributed by atoms with van der Waals surface area (Å²) in [6.07, 6.45) is -0.869. The van der Waals surface area contributed by atoms with Crippen molar-refractivity contribution in [2.75, 3.05) is 6.54 Å². The highest BCUT2D eigenvalue weighted by Gasteiger charge is 2.50. The molecule has 1 heterocycles. The van der Waals surface area contributed by atoms with Gasteiger partial charge < -0.3 is 15.2 Å². The molecule has 5 nitrogen and oxygen atoms in total. The number of carboxylic acid groups (broad SMARTS) is 1. The van der Waals surface area contributed by atoms with Crippen molar-refractivity contribution in [3.05, 3.63) is 0 Å². The number of amides is 1. The highest BCUT2D eigenvalue weighted by atomic mass is 16.6. The van der Waals surface area contributed by atoms with Crippen LogP contribution in [0.15, 0.2) is 0 Å². The van der Waals surface area contributed by atoms with Crippen molar-refractivity contribution in [3.8, 4) is 0 Å². The van der Waals surface area contributed by atoms with Gasteiger partial charge >= 0.3 is 5.97 Å². The minimum atomic E-state index is -1.08. The van der Waals surface area contributed by atoms with Crippen molar-refractivity contribution in [3.63, 3.8) is 0 Å². The minimum absolute atomic E-state index is 0.329. The zero-order valence-corrected chi connectivity index (χ0v) is 6.74. The van der Waals surface area contributed by atoms with Crippen LogP contribution in [0.25, 0.3) is 0 Å². The summed E-state index contributed by atoms with van der Waals surface area (Å²) in [4.78, 5) is 21.2. The molecular formula is C7H11NO4. The second-order valence-corrected chi connectivity index (χ2v) is 2.61. The SMILES string of the molecule is CCCNC(=O)[C@@H]1O[C@H]1C(=O)O. The first-order valence-electron chi connectivity index (χ1n) is 3.82. The standard InChI is InChI=1S/C7H11NO4/c1-2-3-8-6(9)4-5(12-4)7(10)11/h4-5H,2-3H2,1H3,(H,8,9)(H,10,11)/t4-,5-/m1/s1. The molecule has 1 amide bonds. The van der Waals surface area contributed by atoms with E-state index in [9.17, 15) is 9.59 Å². The third kappa shape index (κ3) is 1.94. The summed E-state index contributed by atoms with van der Waals surface area (Å²) >= 11 is 0. The van der Waals surface area contributed by atoms with E-state index in [2.05, 4.69) is 10.1 Å². The van der Waals surface area contributed by atoms with Crippen molar-refractivity contribution in [1.82, 2.24) is 5.32 Å². The molecule has 1 fully saturated rings. The maximum atomic E-state index is 11.0. The first kappa shape index (κ1) is 8.99. The zero-order chi connectivity index (χ0) is 9.14. The molecule has 1 rings (SSSR count). The molecule has 0 aromatic rings. The van der Waals surface area contributed by atoms with Crippen LogP contribution >= 0.6 is 0 Å². The predicted octanol–water partition coefficient (Wildman–Crippen LogP) is -0.635. The van der Waals surface area contributed by atoms with E-state index in [1.54, 1.807) is 0 Å². The number of hydrogen-bond acceptors (Lipinski definition) is 3. The highest BCUT2D eigenvalue weighted by Crippen LogP contribution is 2.21. The number of epoxide rings is 1. The normalized spacial score (nSPS) is 26.4. The monoisotopic (exact) mass is 173 g/mol. The second kappa shape index (κ2) is 3.53. The van der Waals surface area contributed by atoms with E-state index in [1.165, 1.54) is 0 Å². The number of carboxylic acids is 1. The topological polar surface area (TPSA) is 78.9 Å². The number of nitrogens with one attached hydrogen (secondary N) is 1. The van der Waals surface area contributed by atoms with Crippen molar-refractivity contribution in [1.29, 1.82) is 0 Å². The Morgan fingerprint density at radius 1 is 1.50 bits per heavy atom. The van der Waals surface area contributed by atoms with Crippen LogP contribution in [-0.4, -0.2) is 35.7 Å². The maximum Gasteiger partial charge on any atom is 0.336 e. The van der Waals surface area contributed by atoms with Gasteiger partial charge in [0.2, 0.25) is 0 Å². The average molecular weight is 173 g/mol. The minimum Gasteiger partial charge on any atom is -0.479 e. The summed E-state index contributed by atoms with van der Waals surface area (Å²) in [6, 6.07) is 0. The van der Waals surface area contributed by atoms with Crippen molar-refractivity contribution in [2.24, 2.45) is 0 Å². The van der Waals surface area contributed by atoms with Crippen molar-refractivity contribution >= 4 is 11.9 Å². The number of rotatable bonds is 4. The lowest BCUT2D eigenvalue weighted by atomic mass is 10.3. The fourth-order valence-electron chi connectivity index (χ4n) is 0.848. The second-order valence-electron chi connectivity index (χ2n) is 2.61. The number of hydrogen-bond donors (Lipinski definition) is 2. The van der Waals surface area contributed by atoms with Gasteiger partial charge in [-0.2, -0.15) is 0 Å². The van der Waals surface area contributed by atoms with E-state index < -0.39 is 18.2 Å². The van der Waals surface area contributed by atoms with Gasteiger partial charge in [0.15, 0.2) is 12.2 Å². The van der Waals surface area contributed by atoms with E-state index in [0.717, 1.165) is 6.42 Å². The molecule has 5 heteroatoms. The molecule has 1 saturated heterocycles. The molecule has 2 atom stereocenters. The molecule has 12 heavy (non-hydrogen) atoms. The Bertz CT molecular complexity index is 204. The van der Waals surface area contributed by atoms with Gasteiger partial charge in [-0.15, -0.1) is 0 Å². The van der Waals surface area contributed by atoms with E-state index in [-0.39, 0.29) is 5.91 Å². The van der Waals surface area contributed by atoms with Gasteiger partial charge in [0.25, 0.3) is 5.91 Å². The largest absolute Gasteiger partial charge is 0.479 e. The van der Waals surface area contributed by atoms with Crippen LogP contribution in [0.1, 0.15) is 13.3 Å². The number of aliphatic carboxylic acids is 1. The maximum absolute atomic E-state index is 11.0. The summed E-state index contributed by atoms with van der Waals surface area (Å²) in [5.74, 6) is -1.41. The molecule has 0 aromatic carbocycles. The molecule has 0 unspecified atom stereocenters. The van der Waals surface area contributed by atoms with Gasteiger partial charge in [-0.25, -0.2) is 4.79 Å². The van der Waals surface area contributed by atoms with Crippen LogP contribution in [0, 0.1) is 0 Å². The Morgan fingerprint density at radius 3 is 2.58 bits per heavy atom. The third-order valence-electron chi connectivity index (χ3n) is 1.54. The highest BCUT2D eigenvalue weighted by molar-refractivity contribution is 5.91. The predicted molar refractivity (Wildman–Crippen MR) is 39.6 cm³/mol. The smallest absolute Gasteiger partial charge is 0.336 e. The summed E-state index contributed by atoms with van der Waals surface area (Å²) in [5.41, 5.74) is 0. The summed E-state index contributed by atoms with van der Waals surface area (Å²) in [6.45, 7) is 2.48. The number of ether oxygens (including phenoxy) is 1. The van der Waals surface area contributed by atoms with Crippen LogP contribution in [0.3, 0.4) is 0 Å². The molecular weight excluding hydrogens is 162 g/mol. The molecule has 1 aliphatic rings. The van der Waals surface area contributed by atoms with E-state index in [1.807, 2.05) is 6.92 Å². The molecule has 0 aliphatic carbocycles. The molecule has 0 saturated carbocycles. The fraction of sp³-hybridized carbons (Fsp3) is 0.714. The van der Waals surface area contributed by atoms with Gasteiger partial charge in [-0.1, -0.05) is 6.92 Å². The van der Waals surface area contributed by atoms with E-state index >= 15 is 0 Å². The van der Waals surface area contributed by atoms with Crippen LogP contribution in [0.2, 0.25) is 0 Å². The lowest BCUT2D eigenvalue weighted by molar-refractivity contribution is -0.138. The Hall–Kier alpha value is -1.10. The fourth-order valence-corrected chi connectivity index (χ4v) is 0.848. The van der Waals surface area contributed by atoms with E-state index in [0.29, 0.717) is 6.54 Å². The Kier molecular flexibility index (Phi) is 2.65. The van der Waals surface area contributed by atoms with E-state index in [4.69, 9.17) is 5.11 Å². The van der Waals surface area contributed by atoms with Gasteiger partial charge in [0.1, 0.15) is 0 Å². The zero-order valence-electron chi connectivity index (χ0n) is 6.74. The summed E-state index contributed by atoms with van der Waals surface area (Å²) in [5, 5.41) is 10.9. The molecule has 1 aliphatic heterocycles. The van der Waals surface area contributed by atoms with Crippen molar-refractivity contribution in [2.45, 2.75) is 25.6 Å². The number of carbonyl (C=O) groups is 2. The molecule has 0 aromatic heterocycles. The van der Waals surface area contributed by atoms with Crippen LogP contribution in [0.5, 0.6) is 0 Å². The first-order valence-corrected chi connectivity index (χ1v) is 3.82. The molecule has 68 valence electrons. The van der Waals surface area contributed by atoms with Gasteiger partial charge in [0.05, 0.1) is 0 Å². The molecule has 0 spiro atoms. The lowest BCUT2D eigenvalue weighted by Gasteiger charge is -1.97. The third-order valence-corrected chi connectivity index (χ3v) is 1.54. The van der Waals surface area contributed by atoms with Gasteiger partial charge in [0, 0.05) is 6.54 Å². The Labute approximate surface area is 69.7 Å². The molecule has 0 bridgehead atoms. The summed E-state index contributed by atoms with van der Waals surface area (Å²) in [7, 11) is 0. The summed E-state index contributed by atoms with van der Waals surface area (Å²) < 4.78 is 4.63. The number of carbonyl (C=O) groups excluding carboxylic acids is 1. The van der Waals surface area contributed by atoms with Crippen LogP contribution < -0.4 is 5.32 Å². The van der Waals surface area contributed by atoms with Crippen LogP contribution in [0.4, 0.5) is 0 Å². The lowest BCUT2D eigenvalue weighted by Crippen LogP contribution is -2.30. The van der Waals surface area contributed by atoms with Crippen molar-refractivity contribution < 1.29 is 19.4 Å². The van der Waals surface area contributed by atoms with Gasteiger partial charge in [-0.3, -0.25) is 4.79 Å². The van der Waals surface area contributed by atoms with Gasteiger partial charge in [-0.05, 0) is 6.42 Å². The first-order chi connectivity index (χ1) is 5.66. The molecule has 0 radical (unpaired) electrons. The average Bonchev–Trinajstić information content (AvgIpc) is 2.78. The Balaban J connectivity index is 2.24. The molecule has 2 N–H and O–H groups in total. The Morgan fingerprint density at radius 2 is 2.17 bits per heavy atom.